The third-order valence-electron chi connectivity index (χ3n) is 4.76. The first-order chi connectivity index (χ1) is 14.8. The summed E-state index contributed by atoms with van der Waals surface area (Å²) in [6, 6.07) is 15.3. The Balaban J connectivity index is 1.68. The van der Waals surface area contributed by atoms with Gasteiger partial charge < -0.3 is 0 Å². The van der Waals surface area contributed by atoms with Gasteiger partial charge in [0, 0.05) is 11.6 Å². The number of benzene rings is 3. The minimum atomic E-state index is -4.66. The number of nitrogens with one attached hydrogen (secondary N) is 1. The van der Waals surface area contributed by atoms with Crippen molar-refractivity contribution < 1.29 is 27.6 Å². The first-order valence-corrected chi connectivity index (χ1v) is 9.14. The Morgan fingerprint density at radius 1 is 0.935 bits per heavy atom. The van der Waals surface area contributed by atoms with Crippen molar-refractivity contribution in [1.29, 1.82) is 0 Å². The lowest BCUT2D eigenvalue weighted by Crippen LogP contribution is -2.58. The van der Waals surface area contributed by atoms with Crippen molar-refractivity contribution >= 4 is 46.2 Å². The van der Waals surface area contributed by atoms with E-state index in [-0.39, 0.29) is 5.69 Å². The maximum atomic E-state index is 13.0. The molecule has 9 heteroatoms. The average molecular weight is 425 g/mol. The van der Waals surface area contributed by atoms with Crippen LogP contribution in [0, 0.1) is 5.92 Å². The number of nitrogens with zero attached hydrogens (tertiary/aromatic N) is 2. The molecule has 3 aromatic rings. The first-order valence-electron chi connectivity index (χ1n) is 9.14. The highest BCUT2D eigenvalue weighted by Gasteiger charge is 2.41. The Morgan fingerprint density at radius 2 is 1.65 bits per heavy atom. The summed E-state index contributed by atoms with van der Waals surface area (Å²) in [5.41, 5.74) is -0.821. The lowest BCUT2D eigenvalue weighted by atomic mass is 10.0. The van der Waals surface area contributed by atoms with E-state index in [4.69, 9.17) is 0 Å². The van der Waals surface area contributed by atoms with Crippen LogP contribution < -0.4 is 10.2 Å². The van der Waals surface area contributed by atoms with Crippen LogP contribution in [0.5, 0.6) is 0 Å². The van der Waals surface area contributed by atoms with Crippen molar-refractivity contribution in [2.75, 3.05) is 4.90 Å². The number of amides is 4. The number of fused-ring (bicyclic) bond motifs is 1. The van der Waals surface area contributed by atoms with Gasteiger partial charge in [-0.15, -0.1) is 0 Å². The fourth-order valence-electron chi connectivity index (χ4n) is 3.26. The number of alkyl halides is 3. The molecule has 0 bridgehead atoms. The van der Waals surface area contributed by atoms with Crippen molar-refractivity contribution in [2.24, 2.45) is 10.9 Å². The predicted molar refractivity (Wildman–Crippen MR) is 108 cm³/mol. The number of hydrogen-bond acceptors (Lipinski definition) is 4. The summed E-state index contributed by atoms with van der Waals surface area (Å²) in [5.74, 6) is -3.37. The van der Waals surface area contributed by atoms with E-state index in [0.29, 0.717) is 16.7 Å². The number of urea groups is 1. The van der Waals surface area contributed by atoms with Gasteiger partial charge in [0.2, 0.25) is 5.91 Å². The molecule has 31 heavy (non-hydrogen) atoms. The van der Waals surface area contributed by atoms with Crippen molar-refractivity contribution in [3.8, 4) is 0 Å². The summed E-state index contributed by atoms with van der Waals surface area (Å²) in [6.45, 7) is 0. The number of barbiturate groups is 1. The van der Waals surface area contributed by atoms with E-state index < -0.39 is 35.5 Å². The monoisotopic (exact) mass is 425 g/mol. The number of halogens is 3. The Morgan fingerprint density at radius 3 is 2.42 bits per heavy atom. The van der Waals surface area contributed by atoms with Crippen LogP contribution in [-0.4, -0.2) is 24.1 Å². The van der Waals surface area contributed by atoms with Crippen LogP contribution in [0.15, 0.2) is 71.7 Å². The summed E-state index contributed by atoms with van der Waals surface area (Å²) in [5, 5.41) is 3.68. The molecule has 0 aromatic heterocycles. The lowest BCUT2D eigenvalue weighted by Gasteiger charge is -2.28. The van der Waals surface area contributed by atoms with Crippen molar-refractivity contribution in [1.82, 2.24) is 5.32 Å². The minimum absolute atomic E-state index is 0.298. The van der Waals surface area contributed by atoms with Gasteiger partial charge in [-0.25, -0.2) is 9.69 Å². The fraction of sp³-hybridized carbons (Fsp3) is 0.0909. The number of rotatable bonds is 3. The van der Waals surface area contributed by atoms with E-state index in [1.54, 1.807) is 12.1 Å². The molecule has 0 aliphatic carbocycles. The highest BCUT2D eigenvalue weighted by molar-refractivity contribution is 6.32. The first kappa shape index (κ1) is 20.3. The number of carbonyl (C=O) groups is 3. The van der Waals surface area contributed by atoms with Crippen LogP contribution in [0.2, 0.25) is 0 Å². The Kier molecular flexibility index (Phi) is 5.02. The van der Waals surface area contributed by atoms with E-state index >= 15 is 0 Å². The fourth-order valence-corrected chi connectivity index (χ4v) is 3.26. The van der Waals surface area contributed by atoms with Gasteiger partial charge in [-0.1, -0.05) is 42.5 Å². The number of anilines is 1. The topological polar surface area (TPSA) is 78.8 Å². The largest absolute Gasteiger partial charge is 0.416 e. The molecule has 0 spiro atoms. The molecule has 1 N–H and O–H groups in total. The second kappa shape index (κ2) is 7.67. The van der Waals surface area contributed by atoms with Gasteiger partial charge in [-0.05, 0) is 29.7 Å². The zero-order valence-corrected chi connectivity index (χ0v) is 15.8. The molecule has 1 saturated heterocycles. The summed E-state index contributed by atoms with van der Waals surface area (Å²) < 4.78 is 39.1. The van der Waals surface area contributed by atoms with Crippen molar-refractivity contribution in [3.05, 3.63) is 72.3 Å². The highest BCUT2D eigenvalue weighted by Crippen LogP contribution is 2.32. The molecule has 1 aliphatic rings. The molecule has 4 amide bonds. The average Bonchev–Trinajstić information content (AvgIpc) is 2.73. The Labute approximate surface area is 174 Å². The van der Waals surface area contributed by atoms with E-state index in [0.717, 1.165) is 29.1 Å². The molecule has 0 radical (unpaired) electrons. The molecule has 1 heterocycles. The van der Waals surface area contributed by atoms with E-state index in [2.05, 4.69) is 4.99 Å². The Hall–Kier alpha value is -4.01. The third kappa shape index (κ3) is 3.89. The summed E-state index contributed by atoms with van der Waals surface area (Å²) >= 11 is 0. The number of aliphatic imine (C=N–C) groups is 1. The predicted octanol–water partition coefficient (Wildman–Crippen LogP) is 4.46. The zero-order chi connectivity index (χ0) is 22.2. The number of carbonyl (C=O) groups excluding carboxylic acids is 3. The van der Waals surface area contributed by atoms with E-state index in [1.807, 2.05) is 35.6 Å². The highest BCUT2D eigenvalue weighted by atomic mass is 19.4. The molecular formula is C22H14F3N3O3. The molecule has 6 nitrogen and oxygen atoms in total. The minimum Gasteiger partial charge on any atom is -0.276 e. The standard InChI is InChI=1S/C22H14F3N3O3/c23-22(24,25)14-7-4-8-15(11-14)28-20(30)17(19(29)27-21(28)31)12-26-18-10-3-6-13-5-1-2-9-16(13)18/h1-12,17H,(H,27,29,31)/t17-/m1/s1. The van der Waals surface area contributed by atoms with Crippen LogP contribution >= 0.6 is 0 Å². The van der Waals surface area contributed by atoms with Crippen molar-refractivity contribution in [2.45, 2.75) is 6.18 Å². The zero-order valence-electron chi connectivity index (χ0n) is 15.8. The molecule has 0 unspecified atom stereocenters. The van der Waals surface area contributed by atoms with Crippen LogP contribution in [0.25, 0.3) is 10.8 Å². The number of hydrogen-bond donors (Lipinski definition) is 1. The molecule has 0 saturated carbocycles. The van der Waals surface area contributed by atoms with Gasteiger partial charge in [0.25, 0.3) is 5.91 Å². The van der Waals surface area contributed by atoms with Crippen LogP contribution in [0.1, 0.15) is 5.56 Å². The lowest BCUT2D eigenvalue weighted by molar-refractivity contribution is -0.138. The third-order valence-corrected chi connectivity index (χ3v) is 4.76. The second-order valence-electron chi connectivity index (χ2n) is 6.77. The number of imide groups is 2. The Bertz CT molecular complexity index is 1230. The van der Waals surface area contributed by atoms with Crippen molar-refractivity contribution in [3.63, 3.8) is 0 Å². The van der Waals surface area contributed by atoms with Gasteiger partial charge in [-0.2, -0.15) is 13.2 Å². The van der Waals surface area contributed by atoms with E-state index in [9.17, 15) is 27.6 Å². The molecule has 3 aromatic carbocycles. The molecule has 1 fully saturated rings. The maximum absolute atomic E-state index is 13.0. The smallest absolute Gasteiger partial charge is 0.276 e. The SMILES string of the molecule is O=C1NC(=O)N(c2cccc(C(F)(F)F)c2)C(=O)[C@@H]1C=Nc1cccc2ccccc12. The summed E-state index contributed by atoms with van der Waals surface area (Å²) in [7, 11) is 0. The maximum Gasteiger partial charge on any atom is 0.416 e. The molecular weight excluding hydrogens is 411 g/mol. The van der Waals surface area contributed by atoms with Gasteiger partial charge in [0.15, 0.2) is 5.92 Å². The van der Waals surface area contributed by atoms with Crippen LogP contribution in [0.3, 0.4) is 0 Å². The molecule has 156 valence electrons. The van der Waals surface area contributed by atoms with Crippen LogP contribution in [-0.2, 0) is 15.8 Å². The molecule has 4 rings (SSSR count). The molecule has 1 atom stereocenters. The van der Waals surface area contributed by atoms with E-state index in [1.165, 1.54) is 6.07 Å². The normalized spacial score (nSPS) is 17.5. The summed E-state index contributed by atoms with van der Waals surface area (Å²) in [6.07, 6.45) is -3.57. The quantitative estimate of drug-likeness (QED) is 0.497. The summed E-state index contributed by atoms with van der Waals surface area (Å²) in [4.78, 5) is 42.1. The molecule has 1 aliphatic heterocycles. The second-order valence-corrected chi connectivity index (χ2v) is 6.77. The van der Waals surface area contributed by atoms with Gasteiger partial charge >= 0.3 is 12.2 Å². The van der Waals surface area contributed by atoms with Gasteiger partial charge in [0.1, 0.15) is 0 Å². The van der Waals surface area contributed by atoms with Crippen LogP contribution in [0.4, 0.5) is 29.3 Å². The van der Waals surface area contributed by atoms with Gasteiger partial charge in [0.05, 0.1) is 16.9 Å². The van der Waals surface area contributed by atoms with Gasteiger partial charge in [-0.3, -0.25) is 19.9 Å².